The van der Waals surface area contributed by atoms with Crippen molar-refractivity contribution in [1.29, 1.82) is 0 Å². The largest absolute Gasteiger partial charge is 2.00 e. The van der Waals surface area contributed by atoms with Crippen LogP contribution in [-0.2, 0) is 21.1 Å². The molecule has 2 aromatic carbocycles. The zero-order chi connectivity index (χ0) is 14.0. The van der Waals surface area contributed by atoms with Crippen molar-refractivity contribution >= 4 is 17.7 Å². The second-order valence-electron chi connectivity index (χ2n) is 3.71. The normalized spacial score (nSPS) is 8.95. The van der Waals surface area contributed by atoms with Crippen LogP contribution in [0.15, 0.2) is 82.8 Å². The zero-order valence-electron chi connectivity index (χ0n) is 11.1. The topological polar surface area (TPSA) is 49.6 Å². The summed E-state index contributed by atoms with van der Waals surface area (Å²) in [5.74, 6) is 0.0610. The van der Waals surface area contributed by atoms with Crippen LogP contribution in [0.3, 0.4) is 0 Å². The molecule has 0 spiro atoms. The van der Waals surface area contributed by atoms with E-state index in [2.05, 4.69) is 16.0 Å². The molecule has 3 rings (SSSR count). The Morgan fingerprint density at radius 3 is 2.10 bits per heavy atom. The molecule has 5 heteroatoms. The monoisotopic (exact) mass is 463 g/mol. The van der Waals surface area contributed by atoms with Gasteiger partial charge in [-0.25, -0.2) is 0 Å². The summed E-state index contributed by atoms with van der Waals surface area (Å²) in [5.41, 5.74) is 7.27. The molecule has 0 bridgehead atoms. The van der Waals surface area contributed by atoms with Gasteiger partial charge in [0, 0.05) is 15.9 Å². The van der Waals surface area contributed by atoms with Crippen LogP contribution in [0.4, 0.5) is 5.95 Å². The Balaban J connectivity index is 0.000000267. The third kappa shape index (κ3) is 7.07. The van der Waals surface area contributed by atoms with Crippen LogP contribution in [0.5, 0.6) is 0 Å². The molecule has 0 radical (unpaired) electrons. The van der Waals surface area contributed by atoms with Gasteiger partial charge in [0.1, 0.15) is 0 Å². The maximum Gasteiger partial charge on any atom is 2.00 e. The van der Waals surface area contributed by atoms with E-state index in [0.717, 1.165) is 9.92 Å². The Kier molecular flexibility index (Phi) is 8.41. The third-order valence-corrected chi connectivity index (χ3v) is 3.15. The van der Waals surface area contributed by atoms with Crippen LogP contribution in [0.2, 0.25) is 0 Å². The standard InChI is InChI=1S/C10H8N3S.C6H5.W/c11-10-12-7-6-9(13-10)14-8-4-2-1-3-5-8;1-2-4-6-5-3-1;/h1-7H,(H-,11,12,13);1-5H;/q2*-1;+2. The van der Waals surface area contributed by atoms with Crippen molar-refractivity contribution in [2.75, 3.05) is 0 Å². The van der Waals surface area contributed by atoms with E-state index in [1.165, 1.54) is 11.8 Å². The zero-order valence-corrected chi connectivity index (χ0v) is 14.9. The number of rotatable bonds is 2. The Hall–Kier alpha value is -1.64. The van der Waals surface area contributed by atoms with Crippen molar-refractivity contribution < 1.29 is 21.1 Å². The van der Waals surface area contributed by atoms with Crippen LogP contribution in [0.1, 0.15) is 0 Å². The predicted octanol–water partition coefficient (Wildman–Crippen LogP) is 4.80. The molecule has 0 aliphatic heterocycles. The van der Waals surface area contributed by atoms with E-state index in [9.17, 15) is 0 Å². The van der Waals surface area contributed by atoms with Crippen molar-refractivity contribution in [2.45, 2.75) is 9.92 Å². The van der Waals surface area contributed by atoms with Crippen molar-refractivity contribution in [1.82, 2.24) is 9.97 Å². The molecule has 0 atom stereocenters. The van der Waals surface area contributed by atoms with Gasteiger partial charge >= 0.3 is 21.1 Å². The maximum atomic E-state index is 7.27. The summed E-state index contributed by atoms with van der Waals surface area (Å²) in [6.07, 6.45) is 1.60. The first-order chi connectivity index (χ1) is 9.84. The van der Waals surface area contributed by atoms with Crippen molar-refractivity contribution in [3.8, 4) is 0 Å². The molecule has 3 nitrogen and oxygen atoms in total. The van der Waals surface area contributed by atoms with Gasteiger partial charge in [0.05, 0.1) is 0 Å². The van der Waals surface area contributed by atoms with E-state index < -0.39 is 0 Å². The van der Waals surface area contributed by atoms with Crippen LogP contribution in [0, 0.1) is 6.07 Å². The Morgan fingerprint density at radius 1 is 0.905 bits per heavy atom. The maximum absolute atomic E-state index is 7.27. The number of hydrogen-bond acceptors (Lipinski definition) is 3. The fourth-order valence-corrected chi connectivity index (χ4v) is 2.15. The molecule has 0 fully saturated rings. The first-order valence-corrected chi connectivity index (χ1v) is 6.85. The van der Waals surface area contributed by atoms with Gasteiger partial charge < -0.3 is 15.7 Å². The molecule has 0 amide bonds. The number of nitrogens with one attached hydrogen (secondary N) is 1. The molecule has 0 aliphatic rings. The Bertz CT molecular complexity index is 594. The molecular weight excluding hydrogens is 450 g/mol. The molecule has 104 valence electrons. The van der Waals surface area contributed by atoms with Gasteiger partial charge in [-0.3, -0.25) is 0 Å². The first kappa shape index (κ1) is 17.4. The van der Waals surface area contributed by atoms with Gasteiger partial charge in [-0.15, -0.1) is 0 Å². The summed E-state index contributed by atoms with van der Waals surface area (Å²) in [7, 11) is 0. The Labute approximate surface area is 143 Å². The number of aromatic nitrogens is 2. The summed E-state index contributed by atoms with van der Waals surface area (Å²) in [4.78, 5) is 8.83. The molecular formula is C16H13N3SW. The van der Waals surface area contributed by atoms with Gasteiger partial charge in [-0.2, -0.15) is 36.4 Å². The molecule has 1 N–H and O–H groups in total. The van der Waals surface area contributed by atoms with Crippen LogP contribution < -0.4 is 0 Å². The minimum atomic E-state index is 0. The molecule has 0 unspecified atom stereocenters. The molecule has 0 saturated heterocycles. The summed E-state index contributed by atoms with van der Waals surface area (Å²) in [5, 5.41) is 0.802. The van der Waals surface area contributed by atoms with Crippen LogP contribution in [0.25, 0.3) is 5.73 Å². The predicted molar refractivity (Wildman–Crippen MR) is 81.9 cm³/mol. The summed E-state index contributed by atoms with van der Waals surface area (Å²) >= 11 is 1.53. The number of nitrogens with zero attached hydrogens (tertiary/aromatic N) is 2. The first-order valence-electron chi connectivity index (χ1n) is 6.03. The van der Waals surface area contributed by atoms with E-state index in [1.54, 1.807) is 12.3 Å². The molecule has 3 aromatic rings. The number of benzene rings is 2. The Morgan fingerprint density at radius 2 is 1.57 bits per heavy atom. The van der Waals surface area contributed by atoms with Crippen LogP contribution >= 0.6 is 11.8 Å². The van der Waals surface area contributed by atoms with E-state index >= 15 is 0 Å². The number of hydrogen-bond donors (Lipinski definition) is 0. The fraction of sp³-hybridized carbons (Fsp3) is 0. The van der Waals surface area contributed by atoms with E-state index in [1.807, 2.05) is 60.7 Å². The SMILES string of the molecule is [NH-]c1nccc(Sc2ccccc2)n1.[W+2].[c-]1ccccc1. The average Bonchev–Trinajstić information content (AvgIpc) is 2.51. The molecule has 1 heterocycles. The average molecular weight is 463 g/mol. The minimum absolute atomic E-state index is 0. The van der Waals surface area contributed by atoms with Gasteiger partial charge in [0.2, 0.25) is 0 Å². The van der Waals surface area contributed by atoms with Gasteiger partial charge in [-0.1, -0.05) is 30.0 Å². The minimum Gasteiger partial charge on any atom is -0.410 e. The summed E-state index contributed by atoms with van der Waals surface area (Å²) in [6, 6.07) is 24.2. The van der Waals surface area contributed by atoms with Gasteiger partial charge in [0.15, 0.2) is 0 Å². The smallest absolute Gasteiger partial charge is 0.410 e. The second-order valence-corrected chi connectivity index (χ2v) is 4.80. The van der Waals surface area contributed by atoms with Crippen molar-refractivity contribution in [3.05, 3.63) is 84.7 Å². The third-order valence-electron chi connectivity index (χ3n) is 2.20. The van der Waals surface area contributed by atoms with E-state index in [4.69, 9.17) is 5.73 Å². The van der Waals surface area contributed by atoms with E-state index in [-0.39, 0.29) is 27.0 Å². The summed E-state index contributed by atoms with van der Waals surface area (Å²) < 4.78 is 0. The van der Waals surface area contributed by atoms with Crippen LogP contribution in [-0.4, -0.2) is 9.97 Å². The van der Waals surface area contributed by atoms with Gasteiger partial charge in [0.25, 0.3) is 0 Å². The molecule has 0 aliphatic carbocycles. The molecule has 1 aromatic heterocycles. The van der Waals surface area contributed by atoms with Crippen molar-refractivity contribution in [2.24, 2.45) is 0 Å². The van der Waals surface area contributed by atoms with Gasteiger partial charge in [-0.05, 0) is 24.4 Å². The summed E-state index contributed by atoms with van der Waals surface area (Å²) in [6.45, 7) is 0. The quantitative estimate of drug-likeness (QED) is 0.406. The fourth-order valence-electron chi connectivity index (χ4n) is 1.35. The molecule has 0 saturated carbocycles. The van der Waals surface area contributed by atoms with E-state index in [0.29, 0.717) is 0 Å². The van der Waals surface area contributed by atoms with Crippen molar-refractivity contribution in [3.63, 3.8) is 0 Å². The second kappa shape index (κ2) is 10.1. The molecule has 21 heavy (non-hydrogen) atoms.